The number of hydrogen-bond donors (Lipinski definition) is 1. The Morgan fingerprint density at radius 2 is 1.95 bits per heavy atom. The maximum Gasteiger partial charge on any atom is 0.328 e. The summed E-state index contributed by atoms with van der Waals surface area (Å²) < 4.78 is 5.48. The Kier molecular flexibility index (Phi) is 6.15. The summed E-state index contributed by atoms with van der Waals surface area (Å²) in [6.07, 6.45) is 2.55. The van der Waals surface area contributed by atoms with Crippen molar-refractivity contribution in [2.24, 2.45) is 0 Å². The summed E-state index contributed by atoms with van der Waals surface area (Å²) in [4.78, 5) is 23.2. The van der Waals surface area contributed by atoms with E-state index in [4.69, 9.17) is 9.84 Å². The Hall–Kier alpha value is -2.30. The minimum absolute atomic E-state index is 0.331. The minimum Gasteiger partial charge on any atom is -0.494 e. The molecule has 0 bridgehead atoms. The second-order valence-corrected chi connectivity index (χ2v) is 3.95. The molecule has 0 saturated carbocycles. The van der Waals surface area contributed by atoms with Gasteiger partial charge in [-0.3, -0.25) is 4.79 Å². The first kappa shape index (κ1) is 14.8. The average molecular weight is 263 g/mol. The number of aliphatic carboxylic acids is 1. The van der Waals surface area contributed by atoms with Crippen LogP contribution in [0, 0.1) is 0 Å². The van der Waals surface area contributed by atoms with Crippen LogP contribution in [0.5, 0.6) is 5.75 Å². The summed E-state index contributed by atoms with van der Waals surface area (Å²) in [6, 6.07) is 9.42. The fourth-order valence-corrected chi connectivity index (χ4v) is 1.39. The van der Waals surface area contributed by atoms with Crippen LogP contribution in [-0.2, 0) is 9.59 Å². The van der Waals surface area contributed by atoms with E-state index in [-0.39, 0.29) is 5.91 Å². The van der Waals surface area contributed by atoms with E-state index < -0.39 is 5.97 Å². The van der Waals surface area contributed by atoms with Gasteiger partial charge >= 0.3 is 5.97 Å². The topological polar surface area (TPSA) is 66.8 Å². The summed E-state index contributed by atoms with van der Waals surface area (Å²) in [7, 11) is 1.62. The van der Waals surface area contributed by atoms with Gasteiger partial charge in [-0.05, 0) is 18.6 Å². The molecule has 5 heteroatoms. The summed E-state index contributed by atoms with van der Waals surface area (Å²) in [5.41, 5.74) is 0. The van der Waals surface area contributed by atoms with Crippen molar-refractivity contribution >= 4 is 11.9 Å². The molecule has 0 unspecified atom stereocenters. The molecule has 0 spiro atoms. The molecule has 0 saturated heterocycles. The molecule has 1 rings (SSSR count). The third-order valence-corrected chi connectivity index (χ3v) is 2.39. The smallest absolute Gasteiger partial charge is 0.328 e. The molecule has 0 heterocycles. The van der Waals surface area contributed by atoms with Crippen LogP contribution in [0.4, 0.5) is 0 Å². The molecule has 1 N–H and O–H groups in total. The molecule has 0 aromatic heterocycles. The van der Waals surface area contributed by atoms with E-state index in [1.54, 1.807) is 7.05 Å². The Bertz CT molecular complexity index is 442. The number of carboxylic acid groups (broad SMARTS) is 1. The molecule has 5 nitrogen and oxygen atoms in total. The zero-order chi connectivity index (χ0) is 14.1. The first-order valence-electron chi connectivity index (χ1n) is 5.93. The Balaban J connectivity index is 2.22. The average Bonchev–Trinajstić information content (AvgIpc) is 2.41. The third kappa shape index (κ3) is 6.26. The minimum atomic E-state index is -1.13. The van der Waals surface area contributed by atoms with Gasteiger partial charge in [0.15, 0.2) is 0 Å². The lowest BCUT2D eigenvalue weighted by Crippen LogP contribution is -2.27. The molecule has 0 aliphatic carbocycles. The molecule has 1 aromatic carbocycles. The van der Waals surface area contributed by atoms with Crippen LogP contribution >= 0.6 is 0 Å². The van der Waals surface area contributed by atoms with E-state index in [0.29, 0.717) is 19.6 Å². The first-order chi connectivity index (χ1) is 9.09. The highest BCUT2D eigenvalue weighted by Crippen LogP contribution is 2.08. The number of hydrogen-bond acceptors (Lipinski definition) is 3. The zero-order valence-corrected chi connectivity index (χ0v) is 10.8. The van der Waals surface area contributed by atoms with Crippen molar-refractivity contribution in [2.75, 3.05) is 20.2 Å². The molecule has 1 aromatic rings. The van der Waals surface area contributed by atoms with Crippen LogP contribution in [0.15, 0.2) is 42.5 Å². The second kappa shape index (κ2) is 7.92. The predicted molar refractivity (Wildman–Crippen MR) is 71.0 cm³/mol. The van der Waals surface area contributed by atoms with Gasteiger partial charge in [0.05, 0.1) is 6.61 Å². The Labute approximate surface area is 112 Å². The number of benzene rings is 1. The van der Waals surface area contributed by atoms with E-state index in [2.05, 4.69) is 0 Å². The maximum absolute atomic E-state index is 11.4. The van der Waals surface area contributed by atoms with Gasteiger partial charge in [-0.2, -0.15) is 0 Å². The highest BCUT2D eigenvalue weighted by Gasteiger charge is 2.04. The standard InChI is InChI=1S/C14H17NO4/c1-15(13(16)8-9-14(17)18)10-5-11-19-12-6-3-2-4-7-12/h2-4,6-9H,5,10-11H2,1H3,(H,17,18)/b9-8+. The quantitative estimate of drug-likeness (QED) is 0.598. The first-order valence-corrected chi connectivity index (χ1v) is 5.93. The highest BCUT2D eigenvalue weighted by molar-refractivity contribution is 5.93. The fraction of sp³-hybridized carbons (Fsp3) is 0.286. The van der Waals surface area contributed by atoms with Crippen molar-refractivity contribution < 1.29 is 19.4 Å². The molecule has 0 fully saturated rings. The van der Waals surface area contributed by atoms with Gasteiger partial charge in [0.25, 0.3) is 0 Å². The van der Waals surface area contributed by atoms with E-state index in [9.17, 15) is 9.59 Å². The summed E-state index contributed by atoms with van der Waals surface area (Å²) >= 11 is 0. The van der Waals surface area contributed by atoms with Crippen LogP contribution < -0.4 is 4.74 Å². The molecule has 19 heavy (non-hydrogen) atoms. The van der Waals surface area contributed by atoms with Crippen LogP contribution in [0.2, 0.25) is 0 Å². The molecule has 0 aliphatic rings. The lowest BCUT2D eigenvalue weighted by molar-refractivity contribution is -0.132. The maximum atomic E-state index is 11.4. The molecule has 102 valence electrons. The van der Waals surface area contributed by atoms with Crippen LogP contribution in [0.3, 0.4) is 0 Å². The molecular formula is C14H17NO4. The largest absolute Gasteiger partial charge is 0.494 e. The van der Waals surface area contributed by atoms with E-state index in [1.807, 2.05) is 30.3 Å². The number of likely N-dealkylation sites (N-methyl/N-ethyl adjacent to an activating group) is 1. The Morgan fingerprint density at radius 3 is 2.58 bits per heavy atom. The van der Waals surface area contributed by atoms with Crippen molar-refractivity contribution in [2.45, 2.75) is 6.42 Å². The molecular weight excluding hydrogens is 246 g/mol. The second-order valence-electron chi connectivity index (χ2n) is 3.95. The number of nitrogens with zero attached hydrogens (tertiary/aromatic N) is 1. The van der Waals surface area contributed by atoms with Crippen LogP contribution in [0.25, 0.3) is 0 Å². The molecule has 0 aliphatic heterocycles. The zero-order valence-electron chi connectivity index (χ0n) is 10.8. The van der Waals surface area contributed by atoms with Gasteiger partial charge in [-0.15, -0.1) is 0 Å². The van der Waals surface area contributed by atoms with Gasteiger partial charge in [-0.25, -0.2) is 4.79 Å². The number of carbonyl (C=O) groups is 2. The number of carboxylic acids is 1. The SMILES string of the molecule is CN(CCCOc1ccccc1)C(=O)/C=C/C(=O)O. The fourth-order valence-electron chi connectivity index (χ4n) is 1.39. The summed E-state index contributed by atoms with van der Waals surface area (Å²) in [6.45, 7) is 1.01. The number of amides is 1. The normalized spacial score (nSPS) is 10.4. The van der Waals surface area contributed by atoms with Crippen molar-refractivity contribution in [1.82, 2.24) is 4.90 Å². The number of carbonyl (C=O) groups excluding carboxylic acids is 1. The van der Waals surface area contributed by atoms with E-state index >= 15 is 0 Å². The van der Waals surface area contributed by atoms with Crippen LogP contribution in [0.1, 0.15) is 6.42 Å². The summed E-state index contributed by atoms with van der Waals surface area (Å²) in [5.74, 6) is -0.668. The lowest BCUT2D eigenvalue weighted by atomic mass is 10.3. The van der Waals surface area contributed by atoms with Crippen molar-refractivity contribution in [3.05, 3.63) is 42.5 Å². The Morgan fingerprint density at radius 1 is 1.26 bits per heavy atom. The van der Waals surface area contributed by atoms with Crippen molar-refractivity contribution in [3.8, 4) is 5.75 Å². The van der Waals surface area contributed by atoms with E-state index in [0.717, 1.165) is 17.9 Å². The number of ether oxygens (including phenoxy) is 1. The van der Waals surface area contributed by atoms with Gasteiger partial charge in [0.2, 0.25) is 5.91 Å². The number of rotatable bonds is 7. The van der Waals surface area contributed by atoms with Crippen molar-refractivity contribution in [3.63, 3.8) is 0 Å². The van der Waals surface area contributed by atoms with Gasteiger partial charge in [-0.1, -0.05) is 18.2 Å². The number of para-hydroxylation sites is 1. The highest BCUT2D eigenvalue weighted by atomic mass is 16.5. The molecule has 0 radical (unpaired) electrons. The predicted octanol–water partition coefficient (Wildman–Crippen LogP) is 1.55. The monoisotopic (exact) mass is 263 g/mol. The molecule has 1 amide bonds. The van der Waals surface area contributed by atoms with Crippen LogP contribution in [-0.4, -0.2) is 42.1 Å². The lowest BCUT2D eigenvalue weighted by Gasteiger charge is -2.15. The molecule has 0 atom stereocenters. The van der Waals surface area contributed by atoms with Gasteiger partial charge < -0.3 is 14.7 Å². The van der Waals surface area contributed by atoms with Gasteiger partial charge in [0.1, 0.15) is 5.75 Å². The van der Waals surface area contributed by atoms with E-state index in [1.165, 1.54) is 4.90 Å². The third-order valence-electron chi connectivity index (χ3n) is 2.39. The van der Waals surface area contributed by atoms with Gasteiger partial charge in [0, 0.05) is 25.7 Å². The van der Waals surface area contributed by atoms with Crippen molar-refractivity contribution in [1.29, 1.82) is 0 Å². The summed E-state index contributed by atoms with van der Waals surface area (Å²) in [5, 5.41) is 8.41.